The van der Waals surface area contributed by atoms with E-state index in [1.54, 1.807) is 0 Å². The summed E-state index contributed by atoms with van der Waals surface area (Å²) in [7, 11) is 0. The first-order valence-corrected chi connectivity index (χ1v) is 13.2. The van der Waals surface area contributed by atoms with E-state index in [1.807, 2.05) is 12.1 Å². The number of nitrogens with one attached hydrogen (secondary N) is 1. The van der Waals surface area contributed by atoms with Crippen molar-refractivity contribution in [1.82, 2.24) is 30.1 Å². The van der Waals surface area contributed by atoms with Gasteiger partial charge >= 0.3 is 0 Å². The molecule has 7 heteroatoms. The highest BCUT2D eigenvalue weighted by Crippen LogP contribution is 2.33. The first-order valence-electron chi connectivity index (χ1n) is 13.2. The maximum Gasteiger partial charge on any atom is 0.252 e. The van der Waals surface area contributed by atoms with Crippen LogP contribution >= 0.6 is 0 Å². The van der Waals surface area contributed by atoms with Gasteiger partial charge in [0.05, 0.1) is 12.1 Å². The molecule has 0 aliphatic heterocycles. The van der Waals surface area contributed by atoms with Gasteiger partial charge < -0.3 is 4.98 Å². The standard InChI is InChI=1S/C29H36N6O/c1-4-27(28-31-32-33-35(28)24-13-9-6-10-14-24)34(18-22-11-7-5-8-12-22)19-23-17-25-21(3)15-20(2)16-26(25)30-29(23)36/h5,7-8,11-12,15-17,24,27H,4,6,9-10,13-14,18-19H2,1-3H3,(H,30,36)/t27-/m1/s1. The van der Waals surface area contributed by atoms with Crippen LogP contribution in [0.25, 0.3) is 10.9 Å². The van der Waals surface area contributed by atoms with E-state index >= 15 is 0 Å². The summed E-state index contributed by atoms with van der Waals surface area (Å²) in [5.41, 5.74) is 5.15. The topological polar surface area (TPSA) is 79.7 Å². The highest BCUT2D eigenvalue weighted by Gasteiger charge is 2.29. The van der Waals surface area contributed by atoms with Gasteiger partial charge in [-0.25, -0.2) is 4.68 Å². The van der Waals surface area contributed by atoms with Gasteiger partial charge in [0.15, 0.2) is 5.82 Å². The summed E-state index contributed by atoms with van der Waals surface area (Å²) in [4.78, 5) is 18.7. The number of aromatic amines is 1. The van der Waals surface area contributed by atoms with E-state index in [0.717, 1.165) is 47.1 Å². The maximum absolute atomic E-state index is 13.2. The molecule has 4 aromatic rings. The molecule has 2 aromatic carbocycles. The molecule has 1 fully saturated rings. The molecule has 7 nitrogen and oxygen atoms in total. The van der Waals surface area contributed by atoms with Gasteiger partial charge in [-0.3, -0.25) is 9.69 Å². The summed E-state index contributed by atoms with van der Waals surface area (Å²) in [5.74, 6) is 0.907. The molecule has 188 valence electrons. The van der Waals surface area contributed by atoms with Crippen LogP contribution in [0.5, 0.6) is 0 Å². The molecule has 0 bridgehead atoms. The second-order valence-electron chi connectivity index (χ2n) is 10.3. The molecule has 0 radical (unpaired) electrons. The second kappa shape index (κ2) is 10.7. The van der Waals surface area contributed by atoms with Crippen molar-refractivity contribution >= 4 is 10.9 Å². The molecule has 0 amide bonds. The number of benzene rings is 2. The molecular formula is C29H36N6O. The number of rotatable bonds is 8. The molecular weight excluding hydrogens is 448 g/mol. The Morgan fingerprint density at radius 1 is 1.06 bits per heavy atom. The predicted octanol–water partition coefficient (Wildman–Crippen LogP) is 5.79. The zero-order chi connectivity index (χ0) is 25.1. The van der Waals surface area contributed by atoms with Crippen LogP contribution in [0.2, 0.25) is 0 Å². The van der Waals surface area contributed by atoms with Crippen molar-refractivity contribution in [2.45, 2.75) is 84.5 Å². The third-order valence-electron chi connectivity index (χ3n) is 7.56. The summed E-state index contributed by atoms with van der Waals surface area (Å²) in [6.45, 7) is 7.57. The molecule has 1 atom stereocenters. The van der Waals surface area contributed by atoms with Gasteiger partial charge in [0.1, 0.15) is 0 Å². The highest BCUT2D eigenvalue weighted by molar-refractivity contribution is 5.83. The van der Waals surface area contributed by atoms with Crippen LogP contribution in [-0.4, -0.2) is 30.1 Å². The van der Waals surface area contributed by atoms with Crippen molar-refractivity contribution in [3.63, 3.8) is 0 Å². The molecule has 0 saturated heterocycles. The summed E-state index contributed by atoms with van der Waals surface area (Å²) in [5, 5.41) is 14.2. The normalized spacial score (nSPS) is 15.6. The maximum atomic E-state index is 13.2. The third-order valence-corrected chi connectivity index (χ3v) is 7.56. The van der Waals surface area contributed by atoms with Crippen LogP contribution in [0.4, 0.5) is 0 Å². The minimum Gasteiger partial charge on any atom is -0.322 e. The van der Waals surface area contributed by atoms with E-state index in [0.29, 0.717) is 19.1 Å². The molecule has 0 unspecified atom stereocenters. The van der Waals surface area contributed by atoms with E-state index in [2.05, 4.69) is 87.3 Å². The number of hydrogen-bond donors (Lipinski definition) is 1. The first kappa shape index (κ1) is 24.4. The van der Waals surface area contributed by atoms with Crippen molar-refractivity contribution < 1.29 is 0 Å². The van der Waals surface area contributed by atoms with Gasteiger partial charge in [-0.05, 0) is 72.4 Å². The van der Waals surface area contributed by atoms with E-state index in [9.17, 15) is 4.79 Å². The number of pyridine rings is 1. The summed E-state index contributed by atoms with van der Waals surface area (Å²) >= 11 is 0. The van der Waals surface area contributed by atoms with E-state index < -0.39 is 0 Å². The molecule has 2 heterocycles. The number of aromatic nitrogens is 5. The molecule has 0 spiro atoms. The Morgan fingerprint density at radius 3 is 2.58 bits per heavy atom. The average Bonchev–Trinajstić information content (AvgIpc) is 3.36. The van der Waals surface area contributed by atoms with Crippen LogP contribution in [0.3, 0.4) is 0 Å². The molecule has 1 aliphatic rings. The fourth-order valence-corrected chi connectivity index (χ4v) is 5.76. The van der Waals surface area contributed by atoms with Gasteiger partial charge in [0.25, 0.3) is 5.56 Å². The Bertz CT molecular complexity index is 1370. The van der Waals surface area contributed by atoms with Crippen molar-refractivity contribution in [3.05, 3.63) is 87.0 Å². The quantitative estimate of drug-likeness (QED) is 0.342. The molecule has 2 aromatic heterocycles. The van der Waals surface area contributed by atoms with Gasteiger partial charge in [0, 0.05) is 29.6 Å². The van der Waals surface area contributed by atoms with Crippen LogP contribution in [0, 0.1) is 13.8 Å². The SMILES string of the molecule is CC[C@H](c1nnnn1C1CCCCC1)N(Cc1ccccc1)Cc1cc2c(C)cc(C)cc2[nH]c1=O. The number of fused-ring (bicyclic) bond motifs is 1. The van der Waals surface area contributed by atoms with Gasteiger partial charge in [-0.1, -0.05) is 62.6 Å². The molecule has 1 aliphatic carbocycles. The fourth-order valence-electron chi connectivity index (χ4n) is 5.76. The predicted molar refractivity (Wildman–Crippen MR) is 143 cm³/mol. The Balaban J connectivity index is 1.54. The second-order valence-corrected chi connectivity index (χ2v) is 10.3. The van der Waals surface area contributed by atoms with E-state index in [-0.39, 0.29) is 11.6 Å². The van der Waals surface area contributed by atoms with Crippen molar-refractivity contribution in [2.24, 2.45) is 0 Å². The Kier molecular flexibility index (Phi) is 7.28. The Labute approximate surface area is 212 Å². The smallest absolute Gasteiger partial charge is 0.252 e. The molecule has 1 saturated carbocycles. The number of hydrogen-bond acceptors (Lipinski definition) is 5. The minimum atomic E-state index is -0.0349. The van der Waals surface area contributed by atoms with Gasteiger partial charge in [-0.2, -0.15) is 0 Å². The zero-order valence-electron chi connectivity index (χ0n) is 21.6. The Morgan fingerprint density at radius 2 is 1.83 bits per heavy atom. The van der Waals surface area contributed by atoms with Crippen LogP contribution < -0.4 is 5.56 Å². The van der Waals surface area contributed by atoms with E-state index in [4.69, 9.17) is 0 Å². The lowest BCUT2D eigenvalue weighted by molar-refractivity contribution is 0.155. The van der Waals surface area contributed by atoms with Gasteiger partial charge in [-0.15, -0.1) is 5.10 Å². The van der Waals surface area contributed by atoms with Crippen molar-refractivity contribution in [2.75, 3.05) is 0 Å². The number of aryl methyl sites for hydroxylation is 2. The van der Waals surface area contributed by atoms with Crippen molar-refractivity contribution in [3.8, 4) is 0 Å². The summed E-state index contributed by atoms with van der Waals surface area (Å²) in [6.07, 6.45) is 6.82. The van der Waals surface area contributed by atoms with Crippen molar-refractivity contribution in [1.29, 1.82) is 0 Å². The molecule has 36 heavy (non-hydrogen) atoms. The minimum absolute atomic E-state index is 0.00338. The lowest BCUT2D eigenvalue weighted by Gasteiger charge is -2.32. The number of H-pyrrole nitrogens is 1. The number of tetrazole rings is 1. The summed E-state index contributed by atoms with van der Waals surface area (Å²) < 4.78 is 2.07. The third kappa shape index (κ3) is 5.12. The average molecular weight is 485 g/mol. The largest absolute Gasteiger partial charge is 0.322 e. The fraction of sp³-hybridized carbons (Fsp3) is 0.448. The van der Waals surface area contributed by atoms with Crippen LogP contribution in [0.1, 0.15) is 85.6 Å². The Hall–Kier alpha value is -3.32. The zero-order valence-corrected chi connectivity index (χ0v) is 21.6. The number of nitrogens with zero attached hydrogens (tertiary/aromatic N) is 5. The lowest BCUT2D eigenvalue weighted by Crippen LogP contribution is -2.33. The molecule has 1 N–H and O–H groups in total. The lowest BCUT2D eigenvalue weighted by atomic mass is 9.95. The monoisotopic (exact) mass is 484 g/mol. The van der Waals surface area contributed by atoms with E-state index in [1.165, 1.54) is 30.4 Å². The first-order chi connectivity index (χ1) is 17.5. The van der Waals surface area contributed by atoms with Crippen LogP contribution in [0.15, 0.2) is 53.3 Å². The van der Waals surface area contributed by atoms with Gasteiger partial charge in [0.2, 0.25) is 0 Å². The molecule has 5 rings (SSSR count). The van der Waals surface area contributed by atoms with Crippen LogP contribution in [-0.2, 0) is 13.1 Å². The highest BCUT2D eigenvalue weighted by atomic mass is 16.1. The summed E-state index contributed by atoms with van der Waals surface area (Å²) in [6, 6.07) is 17.1.